The number of nitrogens with zero attached hydrogens (tertiary/aromatic N) is 3. The van der Waals surface area contributed by atoms with Gasteiger partial charge in [0.25, 0.3) is 11.8 Å². The Morgan fingerprint density at radius 3 is 2.38 bits per heavy atom. The number of rotatable bonds is 11. The molecule has 2 aromatic rings. The first-order chi connectivity index (χ1) is 22.4. The van der Waals surface area contributed by atoms with E-state index in [9.17, 15) is 14.4 Å². The molecule has 5 rings (SSSR count). The zero-order valence-electron chi connectivity index (χ0n) is 27.9. The van der Waals surface area contributed by atoms with E-state index in [-0.39, 0.29) is 34.9 Å². The van der Waals surface area contributed by atoms with E-state index in [0.717, 1.165) is 38.8 Å². The van der Waals surface area contributed by atoms with E-state index in [4.69, 9.17) is 16.2 Å². The minimum atomic E-state index is -0.539. The van der Waals surface area contributed by atoms with Gasteiger partial charge in [-0.2, -0.15) is 0 Å². The molecule has 3 aliphatic rings. The highest BCUT2D eigenvalue weighted by molar-refractivity contribution is 7.17. The fourth-order valence-electron chi connectivity index (χ4n) is 6.03. The van der Waals surface area contributed by atoms with Crippen LogP contribution < -0.4 is 32.2 Å². The van der Waals surface area contributed by atoms with Gasteiger partial charge in [0.15, 0.2) is 5.75 Å². The van der Waals surface area contributed by atoms with Crippen molar-refractivity contribution in [2.45, 2.75) is 56.2 Å². The van der Waals surface area contributed by atoms with Crippen molar-refractivity contribution in [2.75, 3.05) is 38.6 Å². The van der Waals surface area contributed by atoms with Crippen LogP contribution in [0.5, 0.6) is 5.75 Å². The van der Waals surface area contributed by atoms with E-state index in [1.165, 1.54) is 56.9 Å². The third kappa shape index (κ3) is 8.92. The van der Waals surface area contributed by atoms with Crippen molar-refractivity contribution >= 4 is 58.3 Å². The molecule has 1 aliphatic carbocycles. The number of likely N-dealkylation sites (tertiary alicyclic amines) is 2. The quantitative estimate of drug-likeness (QED) is 0.121. The number of aromatic nitrogens is 1. The molecular formula is C31H45B3N8O4S. The topological polar surface area (TPSA) is 168 Å². The number of thiazole rings is 1. The molecule has 0 radical (unpaired) electrons. The maximum absolute atomic E-state index is 13.5. The Bertz CT molecular complexity index is 1540. The van der Waals surface area contributed by atoms with Crippen LogP contribution in [0.1, 0.15) is 54.6 Å². The molecule has 2 saturated heterocycles. The number of hydrogen-bond acceptors (Lipinski definition) is 10. The monoisotopic (exact) mass is 658 g/mol. The molecular weight excluding hydrogens is 613 g/mol. The Morgan fingerprint density at radius 1 is 1.04 bits per heavy atom. The molecule has 0 spiro atoms. The van der Waals surface area contributed by atoms with Gasteiger partial charge >= 0.3 is 0 Å². The number of nitrogens with two attached hydrogens (primary N) is 2. The summed E-state index contributed by atoms with van der Waals surface area (Å²) in [6.45, 7) is 3.82. The van der Waals surface area contributed by atoms with Gasteiger partial charge in [-0.15, -0.1) is 11.3 Å². The molecule has 3 heterocycles. The van der Waals surface area contributed by atoms with Gasteiger partial charge in [-0.05, 0) is 69.0 Å². The SMILES string of the molecule is BC(B)(B)NC(=O)/C(N)=C(/C=C(\N)NC(=O)C1CC1)Nc1cccc(-c2ncc(C(=O)N3CCC(N4CCCCC4)CC3)s2)c1OC. The molecule has 12 nitrogen and oxygen atoms in total. The van der Waals surface area contributed by atoms with Crippen LogP contribution in [0.25, 0.3) is 10.6 Å². The second kappa shape index (κ2) is 14.9. The summed E-state index contributed by atoms with van der Waals surface area (Å²) in [5, 5.41) is 8.82. The van der Waals surface area contributed by atoms with E-state index >= 15 is 0 Å². The fraction of sp³-hybridized carbons (Fsp3) is 0.484. The fourth-order valence-corrected chi connectivity index (χ4v) is 6.94. The molecule has 16 heteroatoms. The van der Waals surface area contributed by atoms with Crippen LogP contribution >= 0.6 is 11.3 Å². The van der Waals surface area contributed by atoms with E-state index in [1.807, 2.05) is 40.6 Å². The number of piperidine rings is 2. The van der Waals surface area contributed by atoms with Gasteiger partial charge in [-0.3, -0.25) is 14.4 Å². The summed E-state index contributed by atoms with van der Waals surface area (Å²) < 4.78 is 5.84. The predicted molar refractivity (Wildman–Crippen MR) is 193 cm³/mol. The molecule has 1 saturated carbocycles. The highest BCUT2D eigenvalue weighted by atomic mass is 32.1. The number of allylic oxidation sites excluding steroid dienone is 1. The lowest BCUT2D eigenvalue weighted by Gasteiger charge is -2.40. The van der Waals surface area contributed by atoms with Gasteiger partial charge < -0.3 is 42.0 Å². The second-order valence-corrected chi connectivity index (χ2v) is 14.6. The summed E-state index contributed by atoms with van der Waals surface area (Å²) in [5.74, 6) is -0.239. The van der Waals surface area contributed by atoms with Crippen molar-refractivity contribution in [1.29, 1.82) is 0 Å². The van der Waals surface area contributed by atoms with Crippen molar-refractivity contribution in [3.8, 4) is 16.3 Å². The molecule has 0 bridgehead atoms. The second-order valence-electron chi connectivity index (χ2n) is 13.6. The normalized spacial score (nSPS) is 18.7. The molecule has 7 N–H and O–H groups in total. The van der Waals surface area contributed by atoms with Crippen LogP contribution in [0, 0.1) is 5.92 Å². The van der Waals surface area contributed by atoms with Gasteiger partial charge in [0.05, 0.1) is 30.3 Å². The van der Waals surface area contributed by atoms with Crippen molar-refractivity contribution in [3.63, 3.8) is 0 Å². The Morgan fingerprint density at radius 2 is 1.74 bits per heavy atom. The molecule has 248 valence electrons. The van der Waals surface area contributed by atoms with Crippen LogP contribution in [0.15, 0.2) is 47.7 Å². The van der Waals surface area contributed by atoms with Crippen LogP contribution in [0.3, 0.4) is 0 Å². The van der Waals surface area contributed by atoms with Gasteiger partial charge in [-0.1, -0.05) is 12.5 Å². The number of ether oxygens (including phenoxy) is 1. The summed E-state index contributed by atoms with van der Waals surface area (Å²) in [4.78, 5) is 48.6. The number of methoxy groups -OCH3 is 1. The zero-order valence-corrected chi connectivity index (χ0v) is 28.7. The Labute approximate surface area is 283 Å². The largest absolute Gasteiger partial charge is 0.494 e. The Balaban J connectivity index is 1.35. The van der Waals surface area contributed by atoms with Gasteiger partial charge in [0.2, 0.25) is 5.91 Å². The molecule has 3 fully saturated rings. The number of carbonyl (C=O) groups excluding carboxylic acids is 3. The maximum Gasteiger partial charge on any atom is 0.267 e. The van der Waals surface area contributed by atoms with Crippen molar-refractivity contribution in [3.05, 3.63) is 52.6 Å². The van der Waals surface area contributed by atoms with Crippen molar-refractivity contribution in [1.82, 2.24) is 25.4 Å². The first-order valence-corrected chi connectivity index (χ1v) is 17.3. The number of anilines is 1. The molecule has 0 atom stereocenters. The lowest BCUT2D eigenvalue weighted by molar-refractivity contribution is -0.121. The molecule has 47 heavy (non-hydrogen) atoms. The molecule has 1 aromatic heterocycles. The highest BCUT2D eigenvalue weighted by Crippen LogP contribution is 2.39. The predicted octanol–water partition coefficient (Wildman–Crippen LogP) is -0.555. The Kier molecular flexibility index (Phi) is 10.9. The van der Waals surface area contributed by atoms with Crippen LogP contribution in [0.4, 0.5) is 5.69 Å². The number of amides is 3. The highest BCUT2D eigenvalue weighted by Gasteiger charge is 2.31. The average Bonchev–Trinajstić information content (AvgIpc) is 3.80. The minimum absolute atomic E-state index is 0.00389. The van der Waals surface area contributed by atoms with E-state index < -0.39 is 11.1 Å². The first-order valence-electron chi connectivity index (χ1n) is 16.5. The molecule has 1 aromatic carbocycles. The minimum Gasteiger partial charge on any atom is -0.494 e. The Hall–Kier alpha value is -3.91. The summed E-state index contributed by atoms with van der Waals surface area (Å²) in [5.41, 5.74) is 13.8. The maximum atomic E-state index is 13.5. The standard InChI is InChI=1S/C31H45B3N8O4S/c1-46-26-20(29-37-17-23(47-29)30(45)42-14-10-19(11-15-42)41-12-3-2-4-13-41)6-5-7-21(26)38-22(25(36)28(44)40-31(32,33)34)16-24(35)39-27(43)18-8-9-18/h5-7,16-19,38H,2-4,8-15,32-36H2,1H3,(H,39,43)(H,40,44)/b24-16+,25-22+. The zero-order chi connectivity index (χ0) is 33.7. The summed E-state index contributed by atoms with van der Waals surface area (Å²) in [7, 11) is 7.09. The van der Waals surface area contributed by atoms with E-state index in [1.54, 1.807) is 12.3 Å². The first kappa shape index (κ1) is 34.4. The molecule has 2 aliphatic heterocycles. The van der Waals surface area contributed by atoms with Crippen LogP contribution in [-0.2, 0) is 9.59 Å². The lowest BCUT2D eigenvalue weighted by atomic mass is 9.49. The lowest BCUT2D eigenvalue weighted by Crippen LogP contribution is -2.51. The van der Waals surface area contributed by atoms with Crippen molar-refractivity contribution < 1.29 is 19.1 Å². The van der Waals surface area contributed by atoms with E-state index in [0.29, 0.717) is 32.9 Å². The van der Waals surface area contributed by atoms with Crippen LogP contribution in [-0.4, -0.2) is 101 Å². The molecule has 3 amide bonds. The number of para-hydroxylation sites is 1. The number of benzene rings is 1. The third-order valence-corrected chi connectivity index (χ3v) is 9.65. The summed E-state index contributed by atoms with van der Waals surface area (Å²) in [6.07, 6.45) is 10.5. The number of hydrogen-bond donors (Lipinski definition) is 5. The summed E-state index contributed by atoms with van der Waals surface area (Å²) >= 11 is 1.32. The smallest absolute Gasteiger partial charge is 0.267 e. The van der Waals surface area contributed by atoms with Gasteiger partial charge in [-0.25, -0.2) is 4.98 Å². The summed E-state index contributed by atoms with van der Waals surface area (Å²) in [6, 6.07) is 6.01. The average molecular weight is 658 g/mol. The van der Waals surface area contributed by atoms with Gasteiger partial charge in [0.1, 0.15) is 44.9 Å². The molecule has 0 unspecified atom stereocenters. The third-order valence-electron chi connectivity index (χ3n) is 8.63. The van der Waals surface area contributed by atoms with Crippen LogP contribution in [0.2, 0.25) is 0 Å². The van der Waals surface area contributed by atoms with E-state index in [2.05, 4.69) is 25.8 Å². The van der Waals surface area contributed by atoms with Crippen molar-refractivity contribution in [2.24, 2.45) is 17.4 Å². The number of carbonyl (C=O) groups is 3. The van der Waals surface area contributed by atoms with Gasteiger partial charge in [0, 0.05) is 31.1 Å². The number of nitrogens with one attached hydrogen (secondary N) is 3.